The largest absolute Gasteiger partial charge is 0.483 e. The fourth-order valence-electron chi connectivity index (χ4n) is 2.35. The molecule has 132 valence electrons. The number of para-hydroxylation sites is 1. The first kappa shape index (κ1) is 17.6. The molecule has 1 N–H and O–H groups in total. The van der Waals surface area contributed by atoms with E-state index in [9.17, 15) is 9.59 Å². The van der Waals surface area contributed by atoms with Crippen molar-refractivity contribution in [1.29, 1.82) is 0 Å². The lowest BCUT2D eigenvalue weighted by atomic mass is 10.1. The molecule has 0 unspecified atom stereocenters. The lowest BCUT2D eigenvalue weighted by Gasteiger charge is -2.13. The number of carbonyl (C=O) groups is 2. The van der Waals surface area contributed by atoms with E-state index in [1.165, 1.54) is 24.3 Å². The summed E-state index contributed by atoms with van der Waals surface area (Å²) in [5.74, 6) is -0.172. The Kier molecular flexibility index (Phi) is 5.28. The third-order valence-electron chi connectivity index (χ3n) is 3.52. The van der Waals surface area contributed by atoms with Gasteiger partial charge in [-0.25, -0.2) is 9.67 Å². The second-order valence-corrected chi connectivity index (χ2v) is 5.83. The molecule has 7 nitrogen and oxygen atoms in total. The highest BCUT2D eigenvalue weighted by molar-refractivity contribution is 6.31. The third kappa shape index (κ3) is 4.07. The number of amides is 1. The van der Waals surface area contributed by atoms with Crippen LogP contribution in [0.2, 0.25) is 5.02 Å². The summed E-state index contributed by atoms with van der Waals surface area (Å²) >= 11 is 6.02. The Morgan fingerprint density at radius 2 is 2.04 bits per heavy atom. The van der Waals surface area contributed by atoms with E-state index in [4.69, 9.17) is 16.3 Å². The topological polar surface area (TPSA) is 86.1 Å². The molecule has 1 aromatic heterocycles. The molecule has 8 heteroatoms. The number of hydrogen-bond donors (Lipinski definition) is 1. The Hall–Kier alpha value is -3.19. The van der Waals surface area contributed by atoms with Gasteiger partial charge in [0.25, 0.3) is 5.91 Å². The van der Waals surface area contributed by atoms with Gasteiger partial charge in [0.15, 0.2) is 12.4 Å². The summed E-state index contributed by atoms with van der Waals surface area (Å²) in [6.07, 6.45) is 2.90. The molecule has 2 aromatic carbocycles. The molecule has 3 rings (SSSR count). The maximum atomic E-state index is 12.3. The van der Waals surface area contributed by atoms with Crippen molar-refractivity contribution in [2.75, 3.05) is 11.9 Å². The standard InChI is InChI=1S/C18H15ClN4O3/c1-12(24)14-4-2-3-5-17(14)26-9-18(25)22-15-8-13(19)6-7-16(15)23-11-20-10-21-23/h2-8,10-11H,9H2,1H3,(H,22,25). The van der Waals surface area contributed by atoms with Crippen molar-refractivity contribution in [3.63, 3.8) is 0 Å². The van der Waals surface area contributed by atoms with Crippen LogP contribution < -0.4 is 10.1 Å². The molecule has 0 saturated carbocycles. The Bertz CT molecular complexity index is 941. The number of ether oxygens (including phenoxy) is 1. The molecular weight excluding hydrogens is 356 g/mol. The zero-order chi connectivity index (χ0) is 18.5. The molecule has 1 heterocycles. The van der Waals surface area contributed by atoms with Gasteiger partial charge in [-0.1, -0.05) is 23.7 Å². The number of aromatic nitrogens is 3. The average molecular weight is 371 g/mol. The van der Waals surface area contributed by atoms with Crippen molar-refractivity contribution in [1.82, 2.24) is 14.8 Å². The van der Waals surface area contributed by atoms with Crippen LogP contribution in [-0.2, 0) is 4.79 Å². The number of nitrogens with one attached hydrogen (secondary N) is 1. The van der Waals surface area contributed by atoms with Gasteiger partial charge in [-0.15, -0.1) is 0 Å². The molecule has 0 fully saturated rings. The molecular formula is C18H15ClN4O3. The quantitative estimate of drug-likeness (QED) is 0.673. The normalized spacial score (nSPS) is 10.4. The Labute approximate surface area is 154 Å². The first-order valence-corrected chi connectivity index (χ1v) is 8.09. The Balaban J connectivity index is 1.73. The third-order valence-corrected chi connectivity index (χ3v) is 3.76. The predicted octanol–water partition coefficient (Wildman–Crippen LogP) is 3.14. The van der Waals surface area contributed by atoms with Crippen molar-refractivity contribution in [3.05, 3.63) is 65.7 Å². The van der Waals surface area contributed by atoms with Crippen LogP contribution >= 0.6 is 11.6 Å². The van der Waals surface area contributed by atoms with E-state index < -0.39 is 5.91 Å². The van der Waals surface area contributed by atoms with Crippen LogP contribution in [0.3, 0.4) is 0 Å². The highest BCUT2D eigenvalue weighted by Gasteiger charge is 2.13. The predicted molar refractivity (Wildman–Crippen MR) is 96.9 cm³/mol. The van der Waals surface area contributed by atoms with Crippen molar-refractivity contribution in [2.45, 2.75) is 6.92 Å². The minimum atomic E-state index is -0.396. The number of anilines is 1. The summed E-state index contributed by atoms with van der Waals surface area (Å²) in [5, 5.41) is 7.25. The van der Waals surface area contributed by atoms with Gasteiger partial charge in [-0.3, -0.25) is 9.59 Å². The molecule has 1 amide bonds. The SMILES string of the molecule is CC(=O)c1ccccc1OCC(=O)Nc1cc(Cl)ccc1-n1cncn1. The van der Waals surface area contributed by atoms with Crippen molar-refractivity contribution in [3.8, 4) is 11.4 Å². The molecule has 3 aromatic rings. The van der Waals surface area contributed by atoms with Crippen molar-refractivity contribution >= 4 is 29.0 Å². The maximum Gasteiger partial charge on any atom is 0.262 e. The van der Waals surface area contributed by atoms with Crippen LogP contribution in [0.1, 0.15) is 17.3 Å². The summed E-state index contributed by atoms with van der Waals surface area (Å²) in [4.78, 5) is 27.8. The summed E-state index contributed by atoms with van der Waals surface area (Å²) in [5.41, 5.74) is 1.51. The Morgan fingerprint density at radius 1 is 1.23 bits per heavy atom. The smallest absolute Gasteiger partial charge is 0.262 e. The van der Waals surface area contributed by atoms with E-state index in [-0.39, 0.29) is 12.4 Å². The second kappa shape index (κ2) is 7.79. The Morgan fingerprint density at radius 3 is 2.77 bits per heavy atom. The molecule has 0 atom stereocenters. The van der Waals surface area contributed by atoms with E-state index in [0.717, 1.165) is 0 Å². The number of ketones is 1. The number of nitrogens with zero attached hydrogens (tertiary/aromatic N) is 3. The van der Waals surface area contributed by atoms with Crippen LogP contribution in [0.25, 0.3) is 5.69 Å². The van der Waals surface area contributed by atoms with E-state index in [1.54, 1.807) is 42.5 Å². The van der Waals surface area contributed by atoms with Gasteiger partial charge in [0, 0.05) is 5.02 Å². The first-order valence-electron chi connectivity index (χ1n) is 7.72. The summed E-state index contributed by atoms with van der Waals surface area (Å²) in [6.45, 7) is 1.19. The van der Waals surface area contributed by atoms with E-state index in [0.29, 0.717) is 27.7 Å². The van der Waals surface area contributed by atoms with Crippen LogP contribution in [0.15, 0.2) is 55.1 Å². The molecule has 0 spiro atoms. The van der Waals surface area contributed by atoms with Crippen LogP contribution in [0, 0.1) is 0 Å². The van der Waals surface area contributed by atoms with Crippen LogP contribution in [0.4, 0.5) is 5.69 Å². The van der Waals surface area contributed by atoms with Gasteiger partial charge in [-0.05, 0) is 37.3 Å². The lowest BCUT2D eigenvalue weighted by molar-refractivity contribution is -0.118. The van der Waals surface area contributed by atoms with Gasteiger partial charge in [0.05, 0.1) is 16.9 Å². The number of hydrogen-bond acceptors (Lipinski definition) is 5. The molecule has 0 aliphatic carbocycles. The van der Waals surface area contributed by atoms with Gasteiger partial charge in [0.1, 0.15) is 18.4 Å². The fraction of sp³-hybridized carbons (Fsp3) is 0.111. The van der Waals surface area contributed by atoms with Gasteiger partial charge in [0.2, 0.25) is 0 Å². The van der Waals surface area contributed by atoms with Crippen molar-refractivity contribution < 1.29 is 14.3 Å². The number of Topliss-reactive ketones (excluding diaryl/α,β-unsaturated/α-hetero) is 1. The minimum absolute atomic E-state index is 0.135. The van der Waals surface area contributed by atoms with E-state index >= 15 is 0 Å². The monoisotopic (exact) mass is 370 g/mol. The highest BCUT2D eigenvalue weighted by Crippen LogP contribution is 2.24. The number of carbonyl (C=O) groups excluding carboxylic acids is 2. The molecule has 26 heavy (non-hydrogen) atoms. The zero-order valence-corrected chi connectivity index (χ0v) is 14.6. The average Bonchev–Trinajstić information content (AvgIpc) is 3.14. The maximum absolute atomic E-state index is 12.3. The van der Waals surface area contributed by atoms with E-state index in [1.807, 2.05) is 0 Å². The molecule has 0 radical (unpaired) electrons. The number of benzene rings is 2. The lowest BCUT2D eigenvalue weighted by Crippen LogP contribution is -2.21. The highest BCUT2D eigenvalue weighted by atomic mass is 35.5. The molecule has 0 aliphatic heterocycles. The number of rotatable bonds is 6. The van der Waals surface area contributed by atoms with Crippen molar-refractivity contribution in [2.24, 2.45) is 0 Å². The minimum Gasteiger partial charge on any atom is -0.483 e. The fourth-order valence-corrected chi connectivity index (χ4v) is 2.53. The summed E-state index contributed by atoms with van der Waals surface area (Å²) in [6, 6.07) is 11.8. The molecule has 0 saturated heterocycles. The van der Waals surface area contributed by atoms with Gasteiger partial charge in [-0.2, -0.15) is 5.10 Å². The van der Waals surface area contributed by atoms with Gasteiger partial charge < -0.3 is 10.1 Å². The summed E-state index contributed by atoms with van der Waals surface area (Å²) < 4.78 is 7.00. The van der Waals surface area contributed by atoms with Gasteiger partial charge >= 0.3 is 0 Å². The van der Waals surface area contributed by atoms with E-state index in [2.05, 4.69) is 15.4 Å². The molecule has 0 bridgehead atoms. The number of halogens is 1. The first-order chi connectivity index (χ1) is 12.5. The second-order valence-electron chi connectivity index (χ2n) is 5.39. The summed E-state index contributed by atoms with van der Waals surface area (Å²) in [7, 11) is 0. The molecule has 0 aliphatic rings. The van der Waals surface area contributed by atoms with Crippen LogP contribution in [-0.4, -0.2) is 33.1 Å². The van der Waals surface area contributed by atoms with Crippen LogP contribution in [0.5, 0.6) is 5.75 Å². The zero-order valence-electron chi connectivity index (χ0n) is 13.8.